The van der Waals surface area contributed by atoms with E-state index in [1.54, 1.807) is 0 Å². The Bertz CT molecular complexity index is 604. The summed E-state index contributed by atoms with van der Waals surface area (Å²) in [6.45, 7) is 7.43. The molecule has 0 aliphatic heterocycles. The van der Waals surface area contributed by atoms with Crippen molar-refractivity contribution >= 4 is 25.5 Å². The molecule has 1 aromatic heterocycles. The van der Waals surface area contributed by atoms with Crippen LogP contribution in [0.2, 0.25) is 25.7 Å². The summed E-state index contributed by atoms with van der Waals surface area (Å²) in [4.78, 5) is 13.9. The standard InChI is InChI=1S/C18H27NO2SSi/c1-23(2,3)13-11-21-17(20)19-18-10-5-4-6-14(18)7-8-16-15(18)9-12-22-16/h4-5,9,12,14H,6-8,10-11,13H2,1-3H3,(H,19,20)/t14-,18+/m1/s1. The van der Waals surface area contributed by atoms with Crippen LogP contribution in [-0.4, -0.2) is 20.8 Å². The lowest BCUT2D eigenvalue weighted by molar-refractivity contribution is 0.114. The third-order valence-corrected chi connectivity index (χ3v) is 7.77. The monoisotopic (exact) mass is 349 g/mol. The maximum Gasteiger partial charge on any atom is 0.407 e. The van der Waals surface area contributed by atoms with E-state index in [0.717, 1.165) is 31.7 Å². The minimum atomic E-state index is -1.17. The number of alkyl carbamates (subject to hydrolysis) is 1. The van der Waals surface area contributed by atoms with Gasteiger partial charge >= 0.3 is 6.09 Å². The molecule has 5 heteroatoms. The fourth-order valence-corrected chi connectivity index (χ4v) is 5.41. The molecule has 0 fully saturated rings. The number of nitrogens with one attached hydrogen (secondary N) is 1. The van der Waals surface area contributed by atoms with Gasteiger partial charge < -0.3 is 10.1 Å². The van der Waals surface area contributed by atoms with Crippen molar-refractivity contribution in [3.8, 4) is 0 Å². The molecule has 0 saturated carbocycles. The van der Waals surface area contributed by atoms with Gasteiger partial charge in [-0.3, -0.25) is 0 Å². The molecule has 1 aromatic rings. The summed E-state index contributed by atoms with van der Waals surface area (Å²) < 4.78 is 5.52. The van der Waals surface area contributed by atoms with E-state index in [4.69, 9.17) is 4.74 Å². The Hall–Kier alpha value is -1.07. The van der Waals surface area contributed by atoms with Crippen LogP contribution in [0.5, 0.6) is 0 Å². The number of ether oxygens (including phenoxy) is 1. The second-order valence-electron chi connectivity index (χ2n) is 7.95. The van der Waals surface area contributed by atoms with Gasteiger partial charge in [0.25, 0.3) is 0 Å². The summed E-state index contributed by atoms with van der Waals surface area (Å²) >= 11 is 1.82. The lowest BCUT2D eigenvalue weighted by atomic mass is 9.66. The first-order chi connectivity index (χ1) is 10.9. The number of rotatable bonds is 4. The van der Waals surface area contributed by atoms with E-state index in [1.807, 2.05) is 11.3 Å². The summed E-state index contributed by atoms with van der Waals surface area (Å²) in [5.41, 5.74) is 1.07. The molecule has 23 heavy (non-hydrogen) atoms. The zero-order valence-electron chi connectivity index (χ0n) is 14.4. The van der Waals surface area contributed by atoms with E-state index < -0.39 is 8.07 Å². The highest BCUT2D eigenvalue weighted by Gasteiger charge is 2.46. The Balaban J connectivity index is 1.73. The van der Waals surface area contributed by atoms with Crippen LogP contribution in [-0.2, 0) is 16.7 Å². The van der Waals surface area contributed by atoms with Gasteiger partial charge in [-0.1, -0.05) is 31.8 Å². The number of fused-ring (bicyclic) bond motifs is 3. The first-order valence-electron chi connectivity index (χ1n) is 8.57. The second kappa shape index (κ2) is 6.44. The molecule has 0 aromatic carbocycles. The van der Waals surface area contributed by atoms with Crippen molar-refractivity contribution in [2.75, 3.05) is 6.61 Å². The van der Waals surface area contributed by atoms with Gasteiger partial charge in [0.15, 0.2) is 0 Å². The molecule has 0 spiro atoms. The van der Waals surface area contributed by atoms with E-state index in [-0.39, 0.29) is 11.6 Å². The van der Waals surface area contributed by atoms with Crippen LogP contribution in [0.1, 0.15) is 29.7 Å². The molecule has 0 saturated heterocycles. The number of thiophene rings is 1. The largest absolute Gasteiger partial charge is 0.450 e. The van der Waals surface area contributed by atoms with Gasteiger partial charge in [0, 0.05) is 13.0 Å². The molecule has 1 heterocycles. The van der Waals surface area contributed by atoms with Gasteiger partial charge in [-0.15, -0.1) is 11.3 Å². The second-order valence-corrected chi connectivity index (χ2v) is 14.6. The molecule has 2 atom stereocenters. The van der Waals surface area contributed by atoms with Gasteiger partial charge in [-0.2, -0.15) is 0 Å². The maximum atomic E-state index is 12.4. The molecule has 1 N–H and O–H groups in total. The van der Waals surface area contributed by atoms with Gasteiger partial charge in [0.1, 0.15) is 0 Å². The summed E-state index contributed by atoms with van der Waals surface area (Å²) in [6, 6.07) is 3.22. The van der Waals surface area contributed by atoms with E-state index in [1.165, 1.54) is 10.4 Å². The van der Waals surface area contributed by atoms with Crippen LogP contribution in [0.4, 0.5) is 4.79 Å². The highest BCUT2D eigenvalue weighted by atomic mass is 32.1. The topological polar surface area (TPSA) is 38.3 Å². The van der Waals surface area contributed by atoms with E-state index in [0.29, 0.717) is 12.5 Å². The van der Waals surface area contributed by atoms with Crippen molar-refractivity contribution in [3.63, 3.8) is 0 Å². The first kappa shape index (κ1) is 16.8. The van der Waals surface area contributed by atoms with Crippen molar-refractivity contribution < 1.29 is 9.53 Å². The van der Waals surface area contributed by atoms with Crippen molar-refractivity contribution in [2.24, 2.45) is 5.92 Å². The van der Waals surface area contributed by atoms with Gasteiger partial charge in [0.2, 0.25) is 0 Å². The third-order valence-electron chi connectivity index (χ3n) is 5.08. The Morgan fingerprint density at radius 2 is 2.26 bits per heavy atom. The Morgan fingerprint density at radius 3 is 3.04 bits per heavy atom. The highest BCUT2D eigenvalue weighted by molar-refractivity contribution is 7.10. The predicted molar refractivity (Wildman–Crippen MR) is 98.8 cm³/mol. The van der Waals surface area contributed by atoms with Gasteiger partial charge in [-0.05, 0) is 54.7 Å². The van der Waals surface area contributed by atoms with Crippen molar-refractivity contribution in [2.45, 2.75) is 56.9 Å². The fraction of sp³-hybridized carbons (Fsp3) is 0.611. The molecule has 3 rings (SSSR count). The molecule has 0 unspecified atom stereocenters. The van der Waals surface area contributed by atoms with Crippen LogP contribution in [0.3, 0.4) is 0 Å². The Labute approximate surface area is 144 Å². The van der Waals surface area contributed by atoms with E-state index in [2.05, 4.69) is 48.6 Å². The molecule has 2 aliphatic carbocycles. The lowest BCUT2D eigenvalue weighted by Crippen LogP contribution is -2.53. The van der Waals surface area contributed by atoms with Crippen LogP contribution in [0.25, 0.3) is 0 Å². The molecule has 2 aliphatic rings. The molecule has 3 nitrogen and oxygen atoms in total. The lowest BCUT2D eigenvalue weighted by Gasteiger charge is -2.45. The Morgan fingerprint density at radius 1 is 1.43 bits per heavy atom. The van der Waals surface area contributed by atoms with Crippen LogP contribution in [0.15, 0.2) is 23.6 Å². The van der Waals surface area contributed by atoms with E-state index >= 15 is 0 Å². The quantitative estimate of drug-likeness (QED) is 0.619. The molecule has 1 amide bonds. The van der Waals surface area contributed by atoms with Crippen molar-refractivity contribution in [3.05, 3.63) is 34.0 Å². The fourth-order valence-electron chi connectivity index (χ4n) is 3.72. The number of aryl methyl sites for hydroxylation is 1. The molecule has 0 radical (unpaired) electrons. The molecule has 126 valence electrons. The van der Waals surface area contributed by atoms with Crippen molar-refractivity contribution in [1.29, 1.82) is 0 Å². The van der Waals surface area contributed by atoms with Crippen molar-refractivity contribution in [1.82, 2.24) is 5.32 Å². The normalized spacial score (nSPS) is 26.3. The van der Waals surface area contributed by atoms with E-state index in [9.17, 15) is 4.79 Å². The number of hydrogen-bond acceptors (Lipinski definition) is 3. The third kappa shape index (κ3) is 3.55. The minimum Gasteiger partial charge on any atom is -0.450 e. The SMILES string of the molecule is C[Si](C)(C)CCOC(=O)N[C@@]12CC=CC[C@@H]1CCc1sccc12. The predicted octanol–water partition coefficient (Wildman–Crippen LogP) is 4.92. The summed E-state index contributed by atoms with van der Waals surface area (Å²) in [5, 5.41) is 5.43. The van der Waals surface area contributed by atoms with Gasteiger partial charge in [-0.25, -0.2) is 4.79 Å². The average molecular weight is 350 g/mol. The summed E-state index contributed by atoms with van der Waals surface area (Å²) in [5.74, 6) is 0.485. The number of carbonyl (C=O) groups excluding carboxylic acids is 1. The highest BCUT2D eigenvalue weighted by Crippen LogP contribution is 2.47. The smallest absolute Gasteiger partial charge is 0.407 e. The average Bonchev–Trinajstić information content (AvgIpc) is 2.95. The van der Waals surface area contributed by atoms with Crippen LogP contribution in [0, 0.1) is 5.92 Å². The zero-order valence-corrected chi connectivity index (χ0v) is 16.2. The molecular formula is C18H27NO2SSi. The first-order valence-corrected chi connectivity index (χ1v) is 13.2. The van der Waals surface area contributed by atoms with Crippen LogP contribution < -0.4 is 5.32 Å². The maximum absolute atomic E-state index is 12.4. The molecular weight excluding hydrogens is 322 g/mol. The number of hydrogen-bond donors (Lipinski definition) is 1. The number of carbonyl (C=O) groups is 1. The zero-order chi connectivity index (χ0) is 16.5. The summed E-state index contributed by atoms with van der Waals surface area (Å²) in [7, 11) is -1.17. The molecule has 0 bridgehead atoms. The Kier molecular flexibility index (Phi) is 4.69. The van der Waals surface area contributed by atoms with Gasteiger partial charge in [0.05, 0.1) is 12.1 Å². The number of amides is 1. The summed E-state index contributed by atoms with van der Waals surface area (Å²) in [6.07, 6.45) is 8.44. The number of allylic oxidation sites excluding steroid dienone is 1. The van der Waals surface area contributed by atoms with Crippen LogP contribution >= 0.6 is 11.3 Å². The minimum absolute atomic E-state index is 0.248.